The van der Waals surface area contributed by atoms with Gasteiger partial charge in [-0.1, -0.05) is 6.07 Å². The predicted octanol–water partition coefficient (Wildman–Crippen LogP) is 3.44. The van der Waals surface area contributed by atoms with Crippen molar-refractivity contribution < 1.29 is 4.79 Å². The van der Waals surface area contributed by atoms with E-state index in [1.807, 2.05) is 0 Å². The lowest BCUT2D eigenvalue weighted by Crippen LogP contribution is -2.06. The Morgan fingerprint density at radius 2 is 2.21 bits per heavy atom. The highest BCUT2D eigenvalue weighted by atomic mass is 127. The summed E-state index contributed by atoms with van der Waals surface area (Å²) < 4.78 is 1.22. The number of hydrogen-bond acceptors (Lipinski definition) is 1. The maximum absolute atomic E-state index is 11.6. The lowest BCUT2D eigenvalue weighted by molar-refractivity contribution is -0.118. The normalized spacial score (nSPS) is 21.6. The van der Waals surface area contributed by atoms with E-state index in [4.69, 9.17) is 0 Å². The fourth-order valence-electron chi connectivity index (χ4n) is 2.13. The summed E-state index contributed by atoms with van der Waals surface area (Å²) in [5.74, 6) is 0.611. The third-order valence-corrected chi connectivity index (χ3v) is 3.59. The van der Waals surface area contributed by atoms with Crippen molar-refractivity contribution in [2.75, 3.05) is 0 Å². The van der Waals surface area contributed by atoms with Gasteiger partial charge in [-0.05, 0) is 65.6 Å². The van der Waals surface area contributed by atoms with Gasteiger partial charge in [-0.2, -0.15) is 0 Å². The highest BCUT2D eigenvalue weighted by Gasteiger charge is 2.26. The second-order valence-corrected chi connectivity index (χ2v) is 5.16. The number of aryl methyl sites for hydroxylation is 1. The quantitative estimate of drug-likeness (QED) is 0.726. The highest BCUT2D eigenvalue weighted by molar-refractivity contribution is 14.1. The average molecular weight is 300 g/mol. The summed E-state index contributed by atoms with van der Waals surface area (Å²) in [4.78, 5) is 11.6. The van der Waals surface area contributed by atoms with Gasteiger partial charge in [-0.25, -0.2) is 0 Å². The topological polar surface area (TPSA) is 17.1 Å². The minimum absolute atomic E-state index is 0.185. The van der Waals surface area contributed by atoms with Gasteiger partial charge in [-0.3, -0.25) is 4.79 Å². The fraction of sp³-hybridized carbons (Fsp3) is 0.417. The second-order valence-electron chi connectivity index (χ2n) is 3.91. The van der Waals surface area contributed by atoms with Crippen molar-refractivity contribution in [1.82, 2.24) is 0 Å². The number of Topliss-reactive ketones (excluding diaryl/α,β-unsaturated/α-hetero) is 1. The molecular weight excluding hydrogens is 287 g/mol. The minimum Gasteiger partial charge on any atom is -0.299 e. The molecule has 0 N–H and O–H groups in total. The van der Waals surface area contributed by atoms with E-state index in [2.05, 4.69) is 47.7 Å². The fourth-order valence-corrected chi connectivity index (χ4v) is 2.65. The number of carbonyl (C=O) groups is 1. The van der Waals surface area contributed by atoms with Crippen LogP contribution in [0.15, 0.2) is 18.2 Å². The first-order valence-electron chi connectivity index (χ1n) is 4.97. The zero-order chi connectivity index (χ0) is 10.1. The monoisotopic (exact) mass is 300 g/mol. The van der Waals surface area contributed by atoms with Crippen molar-refractivity contribution in [1.29, 1.82) is 0 Å². The Morgan fingerprint density at radius 1 is 1.43 bits per heavy atom. The Morgan fingerprint density at radius 3 is 2.86 bits per heavy atom. The van der Waals surface area contributed by atoms with Crippen LogP contribution < -0.4 is 0 Å². The van der Waals surface area contributed by atoms with Crippen molar-refractivity contribution in [3.05, 3.63) is 32.9 Å². The summed E-state index contributed by atoms with van der Waals surface area (Å²) in [5, 5.41) is 0. The molecule has 1 fully saturated rings. The Balaban J connectivity index is 2.39. The molecule has 0 radical (unpaired) electrons. The molecule has 2 rings (SSSR count). The predicted molar refractivity (Wildman–Crippen MR) is 65.5 cm³/mol. The zero-order valence-electron chi connectivity index (χ0n) is 8.22. The van der Waals surface area contributed by atoms with Crippen LogP contribution >= 0.6 is 22.6 Å². The van der Waals surface area contributed by atoms with Crippen LogP contribution in [0.2, 0.25) is 0 Å². The van der Waals surface area contributed by atoms with Crippen LogP contribution in [-0.2, 0) is 4.79 Å². The molecule has 1 atom stereocenters. The number of rotatable bonds is 1. The summed E-state index contributed by atoms with van der Waals surface area (Å²) in [7, 11) is 0. The van der Waals surface area contributed by atoms with Gasteiger partial charge in [0, 0.05) is 15.9 Å². The summed E-state index contributed by atoms with van der Waals surface area (Å²) >= 11 is 2.30. The number of carbonyl (C=O) groups excluding carboxylic acids is 1. The zero-order valence-corrected chi connectivity index (χ0v) is 10.4. The summed E-state index contributed by atoms with van der Waals surface area (Å²) in [5.41, 5.74) is 2.50. The Labute approximate surface area is 98.0 Å². The second kappa shape index (κ2) is 4.01. The summed E-state index contributed by atoms with van der Waals surface area (Å²) in [6.45, 7) is 2.09. The largest absolute Gasteiger partial charge is 0.299 e. The Kier molecular flexibility index (Phi) is 2.91. The number of ketones is 1. The van der Waals surface area contributed by atoms with Crippen LogP contribution in [0.4, 0.5) is 0 Å². The first-order valence-corrected chi connectivity index (χ1v) is 6.05. The van der Waals surface area contributed by atoms with Gasteiger partial charge in [-0.15, -0.1) is 0 Å². The van der Waals surface area contributed by atoms with Crippen LogP contribution in [0.1, 0.15) is 36.3 Å². The van der Waals surface area contributed by atoms with Crippen molar-refractivity contribution in [3.63, 3.8) is 0 Å². The number of halogens is 1. The molecule has 1 aliphatic carbocycles. The van der Waals surface area contributed by atoms with E-state index >= 15 is 0 Å². The van der Waals surface area contributed by atoms with Crippen LogP contribution in [0.3, 0.4) is 0 Å². The van der Waals surface area contributed by atoms with E-state index in [1.165, 1.54) is 14.7 Å². The molecule has 1 aromatic carbocycles. The molecule has 0 aliphatic heterocycles. The first-order chi connectivity index (χ1) is 6.68. The molecular formula is C12H13IO. The van der Waals surface area contributed by atoms with Gasteiger partial charge in [0.1, 0.15) is 5.78 Å². The molecule has 1 nitrogen and oxygen atoms in total. The van der Waals surface area contributed by atoms with E-state index in [9.17, 15) is 4.79 Å². The lowest BCUT2D eigenvalue weighted by Gasteiger charge is -2.12. The molecule has 74 valence electrons. The highest BCUT2D eigenvalue weighted by Crippen LogP contribution is 2.33. The molecule has 1 aromatic rings. The maximum Gasteiger partial charge on any atom is 0.140 e. The Hall–Kier alpha value is -0.380. The molecule has 0 saturated heterocycles. The van der Waals surface area contributed by atoms with Crippen LogP contribution in [0, 0.1) is 10.5 Å². The average Bonchev–Trinajstić information content (AvgIpc) is 2.56. The lowest BCUT2D eigenvalue weighted by atomic mass is 9.93. The van der Waals surface area contributed by atoms with E-state index < -0.39 is 0 Å². The van der Waals surface area contributed by atoms with E-state index in [0.717, 1.165) is 19.3 Å². The third kappa shape index (κ3) is 1.85. The Bertz CT molecular complexity index is 371. The van der Waals surface area contributed by atoms with Gasteiger partial charge in [0.15, 0.2) is 0 Å². The van der Waals surface area contributed by atoms with Crippen molar-refractivity contribution >= 4 is 28.4 Å². The van der Waals surface area contributed by atoms with Crippen molar-refractivity contribution in [3.8, 4) is 0 Å². The van der Waals surface area contributed by atoms with Gasteiger partial charge < -0.3 is 0 Å². The van der Waals surface area contributed by atoms with E-state index in [1.54, 1.807) is 0 Å². The molecule has 0 aromatic heterocycles. The van der Waals surface area contributed by atoms with E-state index in [0.29, 0.717) is 5.78 Å². The summed E-state index contributed by atoms with van der Waals surface area (Å²) in [6, 6.07) is 6.37. The van der Waals surface area contributed by atoms with Crippen LogP contribution in [0.25, 0.3) is 0 Å². The third-order valence-electron chi connectivity index (χ3n) is 2.92. The molecule has 0 amide bonds. The van der Waals surface area contributed by atoms with Crippen molar-refractivity contribution in [2.24, 2.45) is 0 Å². The van der Waals surface area contributed by atoms with Crippen LogP contribution in [-0.4, -0.2) is 5.78 Å². The van der Waals surface area contributed by atoms with Gasteiger partial charge in [0.05, 0.1) is 0 Å². The first kappa shape index (κ1) is 10.1. The number of benzene rings is 1. The molecule has 14 heavy (non-hydrogen) atoms. The molecule has 0 bridgehead atoms. The van der Waals surface area contributed by atoms with Gasteiger partial charge >= 0.3 is 0 Å². The van der Waals surface area contributed by atoms with Crippen LogP contribution in [0.5, 0.6) is 0 Å². The molecule has 1 saturated carbocycles. The molecule has 2 heteroatoms. The van der Waals surface area contributed by atoms with E-state index in [-0.39, 0.29) is 5.92 Å². The standard InChI is InChI=1S/C12H13IO/c1-8-5-6-9(13)7-11(8)10-3-2-4-12(10)14/h5-7,10H,2-4H2,1H3. The molecule has 0 heterocycles. The van der Waals surface area contributed by atoms with Crippen molar-refractivity contribution in [2.45, 2.75) is 32.1 Å². The minimum atomic E-state index is 0.185. The smallest absolute Gasteiger partial charge is 0.140 e. The summed E-state index contributed by atoms with van der Waals surface area (Å²) in [6.07, 6.45) is 2.88. The molecule has 1 aliphatic rings. The maximum atomic E-state index is 11.6. The van der Waals surface area contributed by atoms with Gasteiger partial charge in [0.2, 0.25) is 0 Å². The molecule has 0 spiro atoms. The SMILES string of the molecule is Cc1ccc(I)cc1C1CCCC1=O. The van der Waals surface area contributed by atoms with Gasteiger partial charge in [0.25, 0.3) is 0 Å². The number of hydrogen-bond donors (Lipinski definition) is 0. The molecule has 1 unspecified atom stereocenters.